The molecule has 0 unspecified atom stereocenters. The summed E-state index contributed by atoms with van der Waals surface area (Å²) in [5.41, 5.74) is 0.708. The van der Waals surface area contributed by atoms with Crippen LogP contribution in [0.1, 0.15) is 26.3 Å². The van der Waals surface area contributed by atoms with Crippen LogP contribution in [-0.2, 0) is 0 Å². The van der Waals surface area contributed by atoms with Crippen LogP contribution < -0.4 is 0 Å². The Morgan fingerprint density at radius 3 is 2.52 bits per heavy atom. The molecule has 0 bridgehead atoms. The van der Waals surface area contributed by atoms with E-state index in [1.807, 2.05) is 0 Å². The number of allylic oxidation sites excluding steroid dienone is 1. The smallest absolute Gasteiger partial charge is 0.336 e. The van der Waals surface area contributed by atoms with Gasteiger partial charge in [-0.25, -0.2) is 4.79 Å². The zero-order chi connectivity index (χ0) is 15.4. The highest BCUT2D eigenvalue weighted by molar-refractivity contribution is 6.31. The van der Waals surface area contributed by atoms with E-state index < -0.39 is 5.97 Å². The first-order valence-electron chi connectivity index (χ1n) is 6.01. The molecule has 2 aromatic rings. The number of carbonyl (C=O) groups is 2. The van der Waals surface area contributed by atoms with Gasteiger partial charge in [-0.1, -0.05) is 35.9 Å². The van der Waals surface area contributed by atoms with Gasteiger partial charge in [-0.3, -0.25) is 4.79 Å². The molecule has 21 heavy (non-hydrogen) atoms. The molecule has 0 spiro atoms. The van der Waals surface area contributed by atoms with E-state index in [2.05, 4.69) is 0 Å². The van der Waals surface area contributed by atoms with E-state index in [0.717, 1.165) is 0 Å². The minimum atomic E-state index is -1.12. The molecule has 0 atom stereocenters. The lowest BCUT2D eigenvalue weighted by Gasteiger charge is -2.02. The number of rotatable bonds is 4. The quantitative estimate of drug-likeness (QED) is 0.668. The number of ketones is 1. The van der Waals surface area contributed by atoms with E-state index in [4.69, 9.17) is 16.7 Å². The number of aromatic carboxylic acids is 1. The standard InChI is InChI=1S/C16H11ClO4/c17-12-6-4-10(14(9-12)16(20)21)5-7-15(19)11-2-1-3-13(18)8-11/h1-9,18H,(H,20,21)/b7-5+. The molecule has 0 aliphatic carbocycles. The van der Waals surface area contributed by atoms with Crippen molar-refractivity contribution in [1.82, 2.24) is 0 Å². The molecule has 2 aromatic carbocycles. The number of carbonyl (C=O) groups excluding carboxylic acids is 1. The maximum atomic E-state index is 11.9. The minimum absolute atomic E-state index is 0.00744. The lowest BCUT2D eigenvalue weighted by atomic mass is 10.0. The van der Waals surface area contributed by atoms with Gasteiger partial charge < -0.3 is 10.2 Å². The molecular weight excluding hydrogens is 292 g/mol. The number of hydrogen-bond acceptors (Lipinski definition) is 3. The molecule has 4 nitrogen and oxygen atoms in total. The van der Waals surface area contributed by atoms with Crippen LogP contribution in [0.25, 0.3) is 6.08 Å². The number of carboxylic acids is 1. The van der Waals surface area contributed by atoms with Crippen LogP contribution in [0, 0.1) is 0 Å². The Morgan fingerprint density at radius 1 is 1.10 bits per heavy atom. The lowest BCUT2D eigenvalue weighted by molar-refractivity contribution is 0.0696. The van der Waals surface area contributed by atoms with Gasteiger partial charge in [-0.2, -0.15) is 0 Å². The third kappa shape index (κ3) is 3.70. The Morgan fingerprint density at radius 2 is 1.86 bits per heavy atom. The molecule has 106 valence electrons. The zero-order valence-corrected chi connectivity index (χ0v) is 11.5. The summed E-state index contributed by atoms with van der Waals surface area (Å²) in [6.07, 6.45) is 2.66. The van der Waals surface area contributed by atoms with E-state index in [-0.39, 0.29) is 17.1 Å². The number of carboxylic acid groups (broad SMARTS) is 1. The van der Waals surface area contributed by atoms with Gasteiger partial charge in [0, 0.05) is 10.6 Å². The Hall–Kier alpha value is -2.59. The van der Waals surface area contributed by atoms with Gasteiger partial charge in [0.2, 0.25) is 0 Å². The molecule has 2 rings (SSSR count). The van der Waals surface area contributed by atoms with E-state index in [1.54, 1.807) is 18.2 Å². The third-order valence-corrected chi connectivity index (χ3v) is 3.03. The van der Waals surface area contributed by atoms with Gasteiger partial charge in [-0.05, 0) is 35.9 Å². The van der Waals surface area contributed by atoms with Crippen LogP contribution in [0.5, 0.6) is 5.75 Å². The van der Waals surface area contributed by atoms with Gasteiger partial charge in [0.1, 0.15) is 5.75 Å². The number of phenols is 1. The van der Waals surface area contributed by atoms with Crippen LogP contribution in [0.4, 0.5) is 0 Å². The fraction of sp³-hybridized carbons (Fsp3) is 0. The molecule has 0 radical (unpaired) electrons. The van der Waals surface area contributed by atoms with Crippen molar-refractivity contribution in [1.29, 1.82) is 0 Å². The van der Waals surface area contributed by atoms with Crippen molar-refractivity contribution < 1.29 is 19.8 Å². The SMILES string of the molecule is O=C(/C=C/c1ccc(Cl)cc1C(=O)O)c1cccc(O)c1. The second-order valence-electron chi connectivity index (χ2n) is 4.28. The molecular formula is C16H11ClO4. The van der Waals surface area contributed by atoms with Gasteiger partial charge in [-0.15, -0.1) is 0 Å². The predicted molar refractivity (Wildman–Crippen MR) is 79.9 cm³/mol. The third-order valence-electron chi connectivity index (χ3n) is 2.79. The van der Waals surface area contributed by atoms with Gasteiger partial charge in [0.15, 0.2) is 5.78 Å². The van der Waals surface area contributed by atoms with Crippen molar-refractivity contribution in [3.05, 3.63) is 70.3 Å². The fourth-order valence-electron chi connectivity index (χ4n) is 1.78. The minimum Gasteiger partial charge on any atom is -0.508 e. The monoisotopic (exact) mass is 302 g/mol. The number of halogens is 1. The van der Waals surface area contributed by atoms with Crippen molar-refractivity contribution in [2.24, 2.45) is 0 Å². The lowest BCUT2D eigenvalue weighted by Crippen LogP contribution is -2.00. The van der Waals surface area contributed by atoms with Crippen LogP contribution in [0.3, 0.4) is 0 Å². The molecule has 0 fully saturated rings. The summed E-state index contributed by atoms with van der Waals surface area (Å²) in [6.45, 7) is 0. The highest BCUT2D eigenvalue weighted by atomic mass is 35.5. The maximum absolute atomic E-state index is 11.9. The van der Waals surface area contributed by atoms with E-state index in [0.29, 0.717) is 16.1 Å². The number of benzene rings is 2. The second-order valence-corrected chi connectivity index (χ2v) is 4.72. The Kier molecular flexibility index (Phi) is 4.40. The molecule has 0 aliphatic heterocycles. The Bertz CT molecular complexity index is 735. The first-order chi connectivity index (χ1) is 9.97. The van der Waals surface area contributed by atoms with Crippen molar-refractivity contribution in [2.45, 2.75) is 0 Å². The first kappa shape index (κ1) is 14.8. The molecule has 0 amide bonds. The van der Waals surface area contributed by atoms with E-state index in [9.17, 15) is 14.7 Å². The van der Waals surface area contributed by atoms with Gasteiger partial charge >= 0.3 is 5.97 Å². The number of aromatic hydroxyl groups is 1. The highest BCUT2D eigenvalue weighted by Crippen LogP contribution is 2.18. The van der Waals surface area contributed by atoms with Gasteiger partial charge in [0.05, 0.1) is 5.56 Å². The predicted octanol–water partition coefficient (Wildman–Crippen LogP) is 3.64. The first-order valence-corrected chi connectivity index (χ1v) is 6.39. The number of phenolic OH excluding ortho intramolecular Hbond substituents is 1. The Labute approximate surface area is 125 Å². The largest absolute Gasteiger partial charge is 0.508 e. The van der Waals surface area contributed by atoms with Gasteiger partial charge in [0.25, 0.3) is 0 Å². The van der Waals surface area contributed by atoms with Crippen LogP contribution >= 0.6 is 11.6 Å². The molecule has 2 N–H and O–H groups in total. The Balaban J connectivity index is 2.29. The van der Waals surface area contributed by atoms with E-state index in [1.165, 1.54) is 36.4 Å². The molecule has 0 aliphatic rings. The summed E-state index contributed by atoms with van der Waals surface area (Å²) in [7, 11) is 0. The molecule has 0 saturated heterocycles. The summed E-state index contributed by atoms with van der Waals surface area (Å²) >= 11 is 5.75. The van der Waals surface area contributed by atoms with E-state index >= 15 is 0 Å². The second kappa shape index (κ2) is 6.24. The summed E-state index contributed by atoms with van der Waals surface area (Å²) < 4.78 is 0. The summed E-state index contributed by atoms with van der Waals surface area (Å²) in [6, 6.07) is 10.3. The molecule has 0 heterocycles. The van der Waals surface area contributed by atoms with Crippen molar-refractivity contribution in [3.8, 4) is 5.75 Å². The topological polar surface area (TPSA) is 74.6 Å². The van der Waals surface area contributed by atoms with Crippen molar-refractivity contribution in [2.75, 3.05) is 0 Å². The van der Waals surface area contributed by atoms with Crippen LogP contribution in [0.15, 0.2) is 48.5 Å². The molecule has 0 saturated carbocycles. The van der Waals surface area contributed by atoms with Crippen molar-refractivity contribution in [3.63, 3.8) is 0 Å². The normalized spacial score (nSPS) is 10.7. The van der Waals surface area contributed by atoms with Crippen LogP contribution in [-0.4, -0.2) is 22.0 Å². The molecule has 5 heteroatoms. The fourth-order valence-corrected chi connectivity index (χ4v) is 1.95. The average Bonchev–Trinajstić information content (AvgIpc) is 2.45. The highest BCUT2D eigenvalue weighted by Gasteiger charge is 2.09. The molecule has 0 aromatic heterocycles. The van der Waals surface area contributed by atoms with Crippen molar-refractivity contribution >= 4 is 29.4 Å². The van der Waals surface area contributed by atoms with Crippen LogP contribution in [0.2, 0.25) is 5.02 Å². The number of hydrogen-bond donors (Lipinski definition) is 2. The average molecular weight is 303 g/mol. The summed E-state index contributed by atoms with van der Waals surface area (Å²) in [4.78, 5) is 23.1. The summed E-state index contributed by atoms with van der Waals surface area (Å²) in [5.74, 6) is -1.47. The zero-order valence-electron chi connectivity index (χ0n) is 10.8. The summed E-state index contributed by atoms with van der Waals surface area (Å²) in [5, 5.41) is 18.7. The maximum Gasteiger partial charge on any atom is 0.336 e.